The molecule has 0 radical (unpaired) electrons. The molecule has 0 unspecified atom stereocenters. The quantitative estimate of drug-likeness (QED) is 0.566. The number of carbonyl (C=O) groups excluding carboxylic acids is 1. The number of alkyl halides is 1. The van der Waals surface area contributed by atoms with Crippen LogP contribution in [0.1, 0.15) is 45.1 Å². The molecule has 0 fully saturated rings. The zero-order valence-electron chi connectivity index (χ0n) is 12.1. The van der Waals surface area contributed by atoms with Crippen molar-refractivity contribution in [2.45, 2.75) is 55.6 Å². The highest BCUT2D eigenvalue weighted by molar-refractivity contribution is 7.95. The first-order valence-corrected chi connectivity index (χ1v) is 8.63. The molecule has 0 aliphatic carbocycles. The van der Waals surface area contributed by atoms with Crippen LogP contribution >= 0.6 is 11.6 Å². The van der Waals surface area contributed by atoms with Gasteiger partial charge in [-0.1, -0.05) is 49.1 Å². The Morgan fingerprint density at radius 2 is 1.75 bits per heavy atom. The van der Waals surface area contributed by atoms with E-state index in [0.29, 0.717) is 6.42 Å². The van der Waals surface area contributed by atoms with Crippen LogP contribution in [0, 0.1) is 6.92 Å². The van der Waals surface area contributed by atoms with Gasteiger partial charge in [0.25, 0.3) is 0 Å². The van der Waals surface area contributed by atoms with E-state index in [2.05, 4.69) is 0 Å². The van der Waals surface area contributed by atoms with E-state index in [1.54, 1.807) is 12.1 Å². The Bertz CT molecular complexity index is 559. The van der Waals surface area contributed by atoms with Crippen molar-refractivity contribution in [3.8, 4) is 0 Å². The number of halogens is 1. The number of hydrogen-bond donors (Lipinski definition) is 0. The molecule has 1 aromatic rings. The summed E-state index contributed by atoms with van der Waals surface area (Å²) in [5, 5.41) is 0. The average Bonchev–Trinajstić information content (AvgIpc) is 2.39. The van der Waals surface area contributed by atoms with Gasteiger partial charge in [-0.25, -0.2) is 8.42 Å². The lowest BCUT2D eigenvalue weighted by atomic mass is 10.1. The molecule has 112 valence electrons. The van der Waals surface area contributed by atoms with Gasteiger partial charge in [-0.2, -0.15) is 0 Å². The SMILES string of the molecule is CCCCCC(=O)[C@@](C)(Cl)S(=O)(=O)c1ccc(C)cc1. The smallest absolute Gasteiger partial charge is 0.204 e. The molecule has 0 saturated carbocycles. The normalized spacial score (nSPS) is 14.8. The maximum atomic E-state index is 12.5. The fourth-order valence-electron chi connectivity index (χ4n) is 1.85. The fourth-order valence-corrected chi connectivity index (χ4v) is 3.55. The molecule has 3 nitrogen and oxygen atoms in total. The van der Waals surface area contributed by atoms with Crippen LogP contribution in [0.4, 0.5) is 0 Å². The van der Waals surface area contributed by atoms with Crippen molar-refractivity contribution >= 4 is 27.2 Å². The minimum absolute atomic E-state index is 0.0874. The number of aryl methyl sites for hydroxylation is 1. The summed E-state index contributed by atoms with van der Waals surface area (Å²) in [5.41, 5.74) is 0.953. The van der Waals surface area contributed by atoms with E-state index in [-0.39, 0.29) is 11.3 Å². The molecular formula is C15H21ClO3S. The van der Waals surface area contributed by atoms with Gasteiger partial charge in [0.05, 0.1) is 4.90 Å². The summed E-state index contributed by atoms with van der Waals surface area (Å²) in [6.07, 6.45) is 2.72. The first kappa shape index (κ1) is 17.2. The third-order valence-electron chi connectivity index (χ3n) is 3.34. The molecular weight excluding hydrogens is 296 g/mol. The predicted molar refractivity (Wildman–Crippen MR) is 81.8 cm³/mol. The number of sulfone groups is 1. The van der Waals surface area contributed by atoms with Crippen LogP contribution in [-0.2, 0) is 14.6 Å². The summed E-state index contributed by atoms with van der Waals surface area (Å²) >= 11 is 6.09. The lowest BCUT2D eigenvalue weighted by Gasteiger charge is -2.21. The zero-order valence-corrected chi connectivity index (χ0v) is 13.7. The molecule has 0 aliphatic rings. The van der Waals surface area contributed by atoms with Crippen LogP contribution in [0.3, 0.4) is 0 Å². The summed E-state index contributed by atoms with van der Waals surface area (Å²) in [4.78, 5) is 12.2. The Hall–Kier alpha value is -0.870. The van der Waals surface area contributed by atoms with Crippen molar-refractivity contribution in [1.82, 2.24) is 0 Å². The summed E-state index contributed by atoms with van der Waals surface area (Å²) in [6, 6.07) is 6.37. The van der Waals surface area contributed by atoms with Crippen molar-refractivity contribution < 1.29 is 13.2 Å². The van der Waals surface area contributed by atoms with Gasteiger partial charge in [0.15, 0.2) is 5.78 Å². The maximum Gasteiger partial charge on any atom is 0.204 e. The van der Waals surface area contributed by atoms with Gasteiger partial charge in [0, 0.05) is 6.42 Å². The van der Waals surface area contributed by atoms with Gasteiger partial charge in [-0.3, -0.25) is 4.79 Å². The van der Waals surface area contributed by atoms with Crippen LogP contribution in [0.15, 0.2) is 29.2 Å². The largest absolute Gasteiger partial charge is 0.297 e. The van der Waals surface area contributed by atoms with Crippen molar-refractivity contribution in [3.05, 3.63) is 29.8 Å². The van der Waals surface area contributed by atoms with Crippen LogP contribution in [0.25, 0.3) is 0 Å². The molecule has 1 aromatic carbocycles. The minimum Gasteiger partial charge on any atom is -0.297 e. The van der Waals surface area contributed by atoms with Crippen LogP contribution < -0.4 is 0 Å². The standard InChI is InChI=1S/C15H21ClO3S/c1-4-5-6-7-14(17)15(3,16)20(18,19)13-10-8-12(2)9-11-13/h8-11H,4-7H2,1-3H3/t15-/m0/s1. The number of Topliss-reactive ketones (excluding diaryl/α,β-unsaturated/α-hetero) is 1. The van der Waals surface area contributed by atoms with Crippen LogP contribution in [0.5, 0.6) is 0 Å². The van der Waals surface area contributed by atoms with E-state index in [9.17, 15) is 13.2 Å². The Kier molecular flexibility index (Phi) is 5.78. The van der Waals surface area contributed by atoms with E-state index < -0.39 is 19.8 Å². The Labute approximate surface area is 126 Å². The van der Waals surface area contributed by atoms with Crippen molar-refractivity contribution in [1.29, 1.82) is 0 Å². The molecule has 0 aromatic heterocycles. The number of unbranched alkanes of at least 4 members (excludes halogenated alkanes) is 2. The van der Waals surface area contributed by atoms with E-state index in [4.69, 9.17) is 11.6 Å². The average molecular weight is 317 g/mol. The number of rotatable bonds is 7. The maximum absolute atomic E-state index is 12.5. The van der Waals surface area contributed by atoms with Crippen molar-refractivity contribution in [2.24, 2.45) is 0 Å². The highest BCUT2D eigenvalue weighted by Gasteiger charge is 2.44. The lowest BCUT2D eigenvalue weighted by Crippen LogP contribution is -2.38. The molecule has 0 aliphatic heterocycles. The lowest BCUT2D eigenvalue weighted by molar-refractivity contribution is -0.119. The van der Waals surface area contributed by atoms with Crippen LogP contribution in [0.2, 0.25) is 0 Å². The minimum atomic E-state index is -3.88. The topological polar surface area (TPSA) is 51.2 Å². The van der Waals surface area contributed by atoms with E-state index in [1.807, 2.05) is 13.8 Å². The summed E-state index contributed by atoms with van der Waals surface area (Å²) < 4.78 is 23.1. The van der Waals surface area contributed by atoms with Crippen molar-refractivity contribution in [2.75, 3.05) is 0 Å². The summed E-state index contributed by atoms with van der Waals surface area (Å²) in [6.45, 7) is 5.16. The third kappa shape index (κ3) is 3.61. The molecule has 0 N–H and O–H groups in total. The van der Waals surface area contributed by atoms with Gasteiger partial charge < -0.3 is 0 Å². The van der Waals surface area contributed by atoms with Gasteiger partial charge in [-0.05, 0) is 32.4 Å². The fraction of sp³-hybridized carbons (Fsp3) is 0.533. The van der Waals surface area contributed by atoms with Crippen LogP contribution in [-0.4, -0.2) is 18.4 Å². The Balaban J connectivity index is 3.00. The highest BCUT2D eigenvalue weighted by Crippen LogP contribution is 2.32. The molecule has 1 atom stereocenters. The molecule has 0 heterocycles. The number of hydrogen-bond acceptors (Lipinski definition) is 3. The van der Waals surface area contributed by atoms with Gasteiger partial charge >= 0.3 is 0 Å². The van der Waals surface area contributed by atoms with Gasteiger partial charge in [0.2, 0.25) is 14.0 Å². The van der Waals surface area contributed by atoms with E-state index in [0.717, 1.165) is 18.4 Å². The number of ketones is 1. The molecule has 20 heavy (non-hydrogen) atoms. The second-order valence-electron chi connectivity index (χ2n) is 5.11. The monoisotopic (exact) mass is 316 g/mol. The molecule has 0 bridgehead atoms. The van der Waals surface area contributed by atoms with E-state index >= 15 is 0 Å². The summed E-state index contributed by atoms with van der Waals surface area (Å²) in [5.74, 6) is -0.437. The molecule has 0 spiro atoms. The van der Waals surface area contributed by atoms with E-state index in [1.165, 1.54) is 19.1 Å². The number of benzene rings is 1. The molecule has 0 amide bonds. The summed E-state index contributed by atoms with van der Waals surface area (Å²) in [7, 11) is -3.88. The first-order chi connectivity index (χ1) is 9.23. The molecule has 5 heteroatoms. The Morgan fingerprint density at radius 3 is 2.25 bits per heavy atom. The van der Waals surface area contributed by atoms with Crippen molar-refractivity contribution in [3.63, 3.8) is 0 Å². The zero-order chi connectivity index (χ0) is 15.4. The molecule has 1 rings (SSSR count). The highest BCUT2D eigenvalue weighted by atomic mass is 35.5. The third-order valence-corrected chi connectivity index (χ3v) is 6.29. The number of carbonyl (C=O) groups is 1. The molecule has 0 saturated heterocycles. The first-order valence-electron chi connectivity index (χ1n) is 6.77. The predicted octanol–water partition coefficient (Wildman–Crippen LogP) is 3.87. The second kappa shape index (κ2) is 6.72. The Morgan fingerprint density at radius 1 is 1.20 bits per heavy atom. The van der Waals surface area contributed by atoms with Gasteiger partial charge in [-0.15, -0.1) is 0 Å². The van der Waals surface area contributed by atoms with Gasteiger partial charge in [0.1, 0.15) is 0 Å². The second-order valence-corrected chi connectivity index (χ2v) is 8.39.